The van der Waals surface area contributed by atoms with Crippen LogP contribution in [0.4, 0.5) is 0 Å². The van der Waals surface area contributed by atoms with Crippen LogP contribution in [0.15, 0.2) is 0 Å². The van der Waals surface area contributed by atoms with E-state index in [1.165, 1.54) is 0 Å². The Bertz CT molecular complexity index is 266. The number of aliphatic carboxylic acids is 1. The van der Waals surface area contributed by atoms with Gasteiger partial charge in [0.1, 0.15) is 0 Å². The molecule has 0 heterocycles. The first-order valence-electron chi connectivity index (χ1n) is 4.27. The predicted molar refractivity (Wildman–Crippen MR) is 50.3 cm³/mol. The van der Waals surface area contributed by atoms with E-state index in [0.29, 0.717) is 6.42 Å². The number of carbonyl (C=O) groups is 1. The van der Waals surface area contributed by atoms with Crippen LogP contribution in [0.25, 0.3) is 0 Å². The molecule has 1 unspecified atom stereocenters. The van der Waals surface area contributed by atoms with E-state index in [-0.39, 0.29) is 11.7 Å². The molecule has 0 aromatic rings. The van der Waals surface area contributed by atoms with Crippen LogP contribution in [0, 0.1) is 5.92 Å². The first kappa shape index (κ1) is 12.4. The highest BCUT2D eigenvalue weighted by atomic mass is 32.2. The number of hydrogen-bond donors (Lipinski definition) is 1. The number of carboxylic acids is 1. The Morgan fingerprint density at radius 1 is 1.38 bits per heavy atom. The van der Waals surface area contributed by atoms with Crippen LogP contribution in [-0.4, -0.2) is 30.5 Å². The molecule has 0 aromatic carbocycles. The van der Waals surface area contributed by atoms with E-state index in [9.17, 15) is 13.2 Å². The van der Waals surface area contributed by atoms with Gasteiger partial charge in [-0.1, -0.05) is 20.8 Å². The van der Waals surface area contributed by atoms with E-state index < -0.39 is 21.1 Å². The highest BCUT2D eigenvalue weighted by molar-refractivity contribution is 7.92. The summed E-state index contributed by atoms with van der Waals surface area (Å²) in [5, 5.41) is 7.47. The standard InChI is InChI=1S/C8H16O4S/c1-4-5-13(11,12)7(6(2)3)8(9)10/h6-7H,4-5H2,1-3H3,(H,9,10). The molecule has 5 heteroatoms. The molecule has 0 saturated carbocycles. The fourth-order valence-corrected chi connectivity index (χ4v) is 3.22. The van der Waals surface area contributed by atoms with Gasteiger partial charge in [0.25, 0.3) is 0 Å². The molecule has 78 valence electrons. The summed E-state index contributed by atoms with van der Waals surface area (Å²) >= 11 is 0. The fraction of sp³-hybridized carbons (Fsp3) is 0.875. The quantitative estimate of drug-likeness (QED) is 0.729. The zero-order chi connectivity index (χ0) is 10.6. The average molecular weight is 208 g/mol. The van der Waals surface area contributed by atoms with Gasteiger partial charge >= 0.3 is 5.97 Å². The van der Waals surface area contributed by atoms with Crippen LogP contribution in [0.3, 0.4) is 0 Å². The van der Waals surface area contributed by atoms with Gasteiger partial charge in [0.2, 0.25) is 0 Å². The zero-order valence-corrected chi connectivity index (χ0v) is 8.97. The monoisotopic (exact) mass is 208 g/mol. The third-order valence-electron chi connectivity index (χ3n) is 1.72. The van der Waals surface area contributed by atoms with Crippen molar-refractivity contribution in [3.05, 3.63) is 0 Å². The summed E-state index contributed by atoms with van der Waals surface area (Å²) in [7, 11) is -3.47. The molecule has 13 heavy (non-hydrogen) atoms. The van der Waals surface area contributed by atoms with Crippen molar-refractivity contribution in [2.45, 2.75) is 32.4 Å². The highest BCUT2D eigenvalue weighted by Crippen LogP contribution is 2.14. The summed E-state index contributed by atoms with van der Waals surface area (Å²) < 4.78 is 22.9. The van der Waals surface area contributed by atoms with Gasteiger partial charge in [-0.15, -0.1) is 0 Å². The molecule has 0 fully saturated rings. The summed E-state index contributed by atoms with van der Waals surface area (Å²) in [5.41, 5.74) is 0. The molecule has 0 saturated heterocycles. The maximum absolute atomic E-state index is 11.4. The van der Waals surface area contributed by atoms with E-state index in [0.717, 1.165) is 0 Å². The van der Waals surface area contributed by atoms with Gasteiger partial charge in [0.15, 0.2) is 15.1 Å². The van der Waals surface area contributed by atoms with Crippen molar-refractivity contribution in [2.24, 2.45) is 5.92 Å². The first-order chi connectivity index (χ1) is 5.83. The minimum Gasteiger partial charge on any atom is -0.480 e. The third kappa shape index (κ3) is 3.34. The Kier molecular flexibility index (Phi) is 4.39. The summed E-state index contributed by atoms with van der Waals surface area (Å²) in [6.45, 7) is 4.93. The summed E-state index contributed by atoms with van der Waals surface area (Å²) in [6.07, 6.45) is 0.457. The summed E-state index contributed by atoms with van der Waals surface area (Å²) in [4.78, 5) is 10.7. The number of rotatable bonds is 5. The lowest BCUT2D eigenvalue weighted by Gasteiger charge is -2.15. The molecule has 0 bridgehead atoms. The van der Waals surface area contributed by atoms with Crippen molar-refractivity contribution < 1.29 is 18.3 Å². The maximum Gasteiger partial charge on any atom is 0.322 e. The molecule has 0 amide bonds. The number of carboxylic acid groups (broad SMARTS) is 1. The van der Waals surface area contributed by atoms with Gasteiger partial charge in [-0.05, 0) is 12.3 Å². The average Bonchev–Trinajstić information content (AvgIpc) is 1.82. The second kappa shape index (κ2) is 4.60. The molecule has 0 aliphatic carbocycles. The second-order valence-electron chi connectivity index (χ2n) is 3.37. The molecule has 4 nitrogen and oxygen atoms in total. The van der Waals surface area contributed by atoms with Crippen molar-refractivity contribution >= 4 is 15.8 Å². The van der Waals surface area contributed by atoms with Gasteiger partial charge in [-0.25, -0.2) is 8.42 Å². The third-order valence-corrected chi connectivity index (χ3v) is 4.22. The Morgan fingerprint density at radius 2 is 1.85 bits per heavy atom. The molecule has 0 aliphatic rings. The molecular formula is C8H16O4S. The molecule has 0 spiro atoms. The lowest BCUT2D eigenvalue weighted by molar-refractivity contribution is -0.137. The molecule has 0 aliphatic heterocycles. The summed E-state index contributed by atoms with van der Waals surface area (Å²) in [6, 6.07) is 0. The second-order valence-corrected chi connectivity index (χ2v) is 5.61. The van der Waals surface area contributed by atoms with Crippen molar-refractivity contribution in [2.75, 3.05) is 5.75 Å². The number of sulfone groups is 1. The van der Waals surface area contributed by atoms with Crippen molar-refractivity contribution in [1.82, 2.24) is 0 Å². The van der Waals surface area contributed by atoms with Crippen LogP contribution in [0.2, 0.25) is 0 Å². The highest BCUT2D eigenvalue weighted by Gasteiger charge is 2.34. The molecule has 0 radical (unpaired) electrons. The molecule has 1 atom stereocenters. The smallest absolute Gasteiger partial charge is 0.322 e. The van der Waals surface area contributed by atoms with E-state index in [4.69, 9.17) is 5.11 Å². The van der Waals surface area contributed by atoms with Gasteiger partial charge in [0.05, 0.1) is 5.75 Å². The SMILES string of the molecule is CCCS(=O)(=O)C(C(=O)O)C(C)C. The van der Waals surface area contributed by atoms with E-state index in [2.05, 4.69) is 0 Å². The zero-order valence-electron chi connectivity index (χ0n) is 8.15. The van der Waals surface area contributed by atoms with E-state index in [1.54, 1.807) is 20.8 Å². The van der Waals surface area contributed by atoms with Gasteiger partial charge in [-0.3, -0.25) is 4.79 Å². The normalized spacial score (nSPS) is 14.5. The van der Waals surface area contributed by atoms with Gasteiger partial charge < -0.3 is 5.11 Å². The van der Waals surface area contributed by atoms with Crippen LogP contribution < -0.4 is 0 Å². The van der Waals surface area contributed by atoms with Gasteiger partial charge in [0, 0.05) is 0 Å². The molecule has 0 rings (SSSR count). The predicted octanol–water partition coefficient (Wildman–Crippen LogP) is 0.920. The lowest BCUT2D eigenvalue weighted by atomic mass is 10.1. The van der Waals surface area contributed by atoms with Crippen molar-refractivity contribution in [3.63, 3.8) is 0 Å². The largest absolute Gasteiger partial charge is 0.480 e. The van der Waals surface area contributed by atoms with E-state index in [1.807, 2.05) is 0 Å². The topological polar surface area (TPSA) is 71.4 Å². The molecule has 0 aromatic heterocycles. The minimum absolute atomic E-state index is 0.0534. The minimum atomic E-state index is -3.47. The van der Waals surface area contributed by atoms with Crippen LogP contribution in [0.1, 0.15) is 27.2 Å². The van der Waals surface area contributed by atoms with E-state index >= 15 is 0 Å². The Hall–Kier alpha value is -0.580. The Balaban J connectivity index is 4.85. The lowest BCUT2D eigenvalue weighted by Crippen LogP contribution is -2.36. The fourth-order valence-electron chi connectivity index (χ4n) is 1.26. The Labute approximate surface area is 78.9 Å². The van der Waals surface area contributed by atoms with Gasteiger partial charge in [-0.2, -0.15) is 0 Å². The first-order valence-corrected chi connectivity index (χ1v) is 5.98. The van der Waals surface area contributed by atoms with Crippen LogP contribution >= 0.6 is 0 Å². The maximum atomic E-state index is 11.4. The number of hydrogen-bond acceptors (Lipinski definition) is 3. The van der Waals surface area contributed by atoms with Crippen molar-refractivity contribution in [3.8, 4) is 0 Å². The van der Waals surface area contributed by atoms with Crippen LogP contribution in [-0.2, 0) is 14.6 Å². The molecular weight excluding hydrogens is 192 g/mol. The van der Waals surface area contributed by atoms with Crippen LogP contribution in [0.5, 0.6) is 0 Å². The Morgan fingerprint density at radius 3 is 2.08 bits per heavy atom. The summed E-state index contributed by atoms with van der Waals surface area (Å²) in [5.74, 6) is -1.68. The van der Waals surface area contributed by atoms with Crippen molar-refractivity contribution in [1.29, 1.82) is 0 Å². The molecule has 1 N–H and O–H groups in total.